The molecule has 0 aliphatic rings. The van der Waals surface area contributed by atoms with E-state index in [0.29, 0.717) is 5.56 Å². The number of hydrogen-bond acceptors (Lipinski definition) is 4. The van der Waals surface area contributed by atoms with E-state index in [2.05, 4.69) is 10.1 Å². The number of methoxy groups -OCH3 is 1. The number of rotatable bonds is 4. The van der Waals surface area contributed by atoms with Gasteiger partial charge in [0.25, 0.3) is 0 Å². The first-order valence-corrected chi connectivity index (χ1v) is 7.08. The number of phenolic OH excluding ortho intramolecular Hbond substituents is 1. The molecule has 2 rings (SSSR count). The molecule has 0 atom stereocenters. The van der Waals surface area contributed by atoms with Gasteiger partial charge in [-0.2, -0.15) is 13.2 Å². The molecule has 5 nitrogen and oxygen atoms in total. The molecule has 1 amide bonds. The molecule has 0 aromatic heterocycles. The molecule has 0 saturated carbocycles. The van der Waals surface area contributed by atoms with Gasteiger partial charge in [0.15, 0.2) is 0 Å². The van der Waals surface area contributed by atoms with Gasteiger partial charge in [0.05, 0.1) is 19.1 Å². The van der Waals surface area contributed by atoms with Gasteiger partial charge in [0.1, 0.15) is 11.3 Å². The molecule has 8 heteroatoms. The molecular weight excluding hydrogens is 339 g/mol. The Bertz CT molecular complexity index is 785. The second-order valence-corrected chi connectivity index (χ2v) is 5.14. The van der Waals surface area contributed by atoms with Crippen LogP contribution in [0.3, 0.4) is 0 Å². The standard InChI is InChI=1S/C17H14F3NO4/c1-25-16(24)13-9-12(6-7-14(13)22)21-15(23)8-10-2-4-11(5-3-10)17(18,19)20/h2-7,9,22H,8H2,1H3,(H,21,23). The summed E-state index contributed by atoms with van der Waals surface area (Å²) in [4.78, 5) is 23.5. The van der Waals surface area contributed by atoms with Gasteiger partial charge < -0.3 is 15.2 Å². The summed E-state index contributed by atoms with van der Waals surface area (Å²) in [5.74, 6) is -1.55. The fourth-order valence-electron chi connectivity index (χ4n) is 2.09. The molecule has 132 valence electrons. The number of nitrogens with one attached hydrogen (secondary N) is 1. The Labute approximate surface area is 141 Å². The van der Waals surface area contributed by atoms with Gasteiger partial charge in [0.2, 0.25) is 5.91 Å². The summed E-state index contributed by atoms with van der Waals surface area (Å²) in [6.45, 7) is 0. The summed E-state index contributed by atoms with van der Waals surface area (Å²) in [7, 11) is 1.15. The van der Waals surface area contributed by atoms with Crippen LogP contribution in [-0.2, 0) is 22.1 Å². The minimum absolute atomic E-state index is 0.116. The lowest BCUT2D eigenvalue weighted by Gasteiger charge is -2.09. The predicted octanol–water partition coefficient (Wildman–Crippen LogP) is 3.38. The molecule has 0 aliphatic carbocycles. The third kappa shape index (κ3) is 4.72. The Kier molecular flexibility index (Phi) is 5.31. The van der Waals surface area contributed by atoms with Crippen LogP contribution in [0.15, 0.2) is 42.5 Å². The van der Waals surface area contributed by atoms with Crippen molar-refractivity contribution >= 4 is 17.6 Å². The van der Waals surface area contributed by atoms with Crippen molar-refractivity contribution in [3.63, 3.8) is 0 Å². The zero-order chi connectivity index (χ0) is 18.6. The Morgan fingerprint density at radius 3 is 2.32 bits per heavy atom. The number of halogens is 3. The second kappa shape index (κ2) is 7.25. The first-order valence-electron chi connectivity index (χ1n) is 7.08. The number of phenols is 1. The smallest absolute Gasteiger partial charge is 0.416 e. The lowest BCUT2D eigenvalue weighted by molar-refractivity contribution is -0.137. The van der Waals surface area contributed by atoms with Gasteiger partial charge in [-0.1, -0.05) is 12.1 Å². The van der Waals surface area contributed by atoms with Crippen molar-refractivity contribution in [3.8, 4) is 5.75 Å². The monoisotopic (exact) mass is 353 g/mol. The van der Waals surface area contributed by atoms with Crippen molar-refractivity contribution in [1.29, 1.82) is 0 Å². The van der Waals surface area contributed by atoms with Gasteiger partial charge in [-0.3, -0.25) is 4.79 Å². The van der Waals surface area contributed by atoms with Crippen molar-refractivity contribution in [1.82, 2.24) is 0 Å². The average molecular weight is 353 g/mol. The van der Waals surface area contributed by atoms with E-state index in [0.717, 1.165) is 19.2 Å². The van der Waals surface area contributed by atoms with Crippen LogP contribution in [0.1, 0.15) is 21.5 Å². The fourth-order valence-corrected chi connectivity index (χ4v) is 2.09. The number of alkyl halides is 3. The zero-order valence-electron chi connectivity index (χ0n) is 13.1. The number of esters is 1. The highest BCUT2D eigenvalue weighted by atomic mass is 19.4. The molecule has 2 aromatic rings. The Balaban J connectivity index is 2.06. The molecule has 2 aromatic carbocycles. The van der Waals surface area contributed by atoms with Gasteiger partial charge >= 0.3 is 12.1 Å². The fraction of sp³-hybridized carbons (Fsp3) is 0.176. The highest BCUT2D eigenvalue weighted by Crippen LogP contribution is 2.29. The van der Waals surface area contributed by atoms with E-state index in [1.54, 1.807) is 0 Å². The Hall–Kier alpha value is -3.03. The summed E-state index contributed by atoms with van der Waals surface area (Å²) in [5.41, 5.74) is -0.264. The molecule has 0 saturated heterocycles. The lowest BCUT2D eigenvalue weighted by Crippen LogP contribution is -2.15. The van der Waals surface area contributed by atoms with Crippen LogP contribution in [0.4, 0.5) is 18.9 Å². The van der Waals surface area contributed by atoms with Crippen LogP contribution in [-0.4, -0.2) is 24.1 Å². The molecule has 0 spiro atoms. The molecule has 25 heavy (non-hydrogen) atoms. The van der Waals surface area contributed by atoms with Gasteiger partial charge in [-0.05, 0) is 35.9 Å². The van der Waals surface area contributed by atoms with Crippen LogP contribution in [0.2, 0.25) is 0 Å². The van der Waals surface area contributed by atoms with Crippen molar-refractivity contribution in [3.05, 3.63) is 59.2 Å². The van der Waals surface area contributed by atoms with E-state index in [4.69, 9.17) is 0 Å². The third-order valence-electron chi connectivity index (χ3n) is 3.33. The number of carbonyl (C=O) groups is 2. The number of ether oxygens (including phenoxy) is 1. The number of amides is 1. The summed E-state index contributed by atoms with van der Waals surface area (Å²) in [5, 5.41) is 12.1. The topological polar surface area (TPSA) is 75.6 Å². The number of aromatic hydroxyl groups is 1. The summed E-state index contributed by atoms with van der Waals surface area (Å²) < 4.78 is 42.0. The van der Waals surface area contributed by atoms with E-state index in [1.807, 2.05) is 0 Å². The van der Waals surface area contributed by atoms with Crippen LogP contribution >= 0.6 is 0 Å². The van der Waals surface area contributed by atoms with E-state index in [9.17, 15) is 27.9 Å². The molecule has 0 heterocycles. The van der Waals surface area contributed by atoms with Crippen LogP contribution < -0.4 is 5.32 Å². The number of carbonyl (C=O) groups excluding carboxylic acids is 2. The molecular formula is C17H14F3NO4. The summed E-state index contributed by atoms with van der Waals surface area (Å²) in [6.07, 6.45) is -4.58. The first-order chi connectivity index (χ1) is 11.7. The number of benzene rings is 2. The third-order valence-corrected chi connectivity index (χ3v) is 3.33. The SMILES string of the molecule is COC(=O)c1cc(NC(=O)Cc2ccc(C(F)(F)F)cc2)ccc1O. The highest BCUT2D eigenvalue weighted by Gasteiger charge is 2.29. The molecule has 2 N–H and O–H groups in total. The van der Waals surface area contributed by atoms with E-state index in [-0.39, 0.29) is 23.4 Å². The second-order valence-electron chi connectivity index (χ2n) is 5.14. The average Bonchev–Trinajstić information content (AvgIpc) is 2.55. The molecule has 0 fully saturated rings. The van der Waals surface area contributed by atoms with Crippen molar-refractivity contribution in [2.75, 3.05) is 12.4 Å². The normalized spacial score (nSPS) is 11.0. The van der Waals surface area contributed by atoms with Crippen LogP contribution in [0.5, 0.6) is 5.75 Å². The van der Waals surface area contributed by atoms with Crippen LogP contribution in [0, 0.1) is 0 Å². The van der Waals surface area contributed by atoms with Crippen molar-refractivity contribution < 1.29 is 32.6 Å². The minimum Gasteiger partial charge on any atom is -0.507 e. The van der Waals surface area contributed by atoms with Crippen molar-refractivity contribution in [2.24, 2.45) is 0 Å². The first kappa shape index (κ1) is 18.3. The van der Waals surface area contributed by atoms with Crippen molar-refractivity contribution in [2.45, 2.75) is 12.6 Å². The number of anilines is 1. The zero-order valence-corrected chi connectivity index (χ0v) is 13.1. The number of hydrogen-bond donors (Lipinski definition) is 2. The minimum atomic E-state index is -4.43. The van der Waals surface area contributed by atoms with Gasteiger partial charge in [-0.15, -0.1) is 0 Å². The Morgan fingerprint density at radius 2 is 1.76 bits per heavy atom. The maximum atomic E-state index is 12.5. The maximum Gasteiger partial charge on any atom is 0.416 e. The van der Waals surface area contributed by atoms with Crippen LogP contribution in [0.25, 0.3) is 0 Å². The van der Waals surface area contributed by atoms with E-state index < -0.39 is 23.6 Å². The molecule has 0 radical (unpaired) electrons. The quantitative estimate of drug-likeness (QED) is 0.653. The Morgan fingerprint density at radius 1 is 1.12 bits per heavy atom. The maximum absolute atomic E-state index is 12.5. The predicted molar refractivity (Wildman–Crippen MR) is 83.2 cm³/mol. The van der Waals surface area contributed by atoms with E-state index in [1.165, 1.54) is 30.3 Å². The largest absolute Gasteiger partial charge is 0.507 e. The lowest BCUT2D eigenvalue weighted by atomic mass is 10.1. The molecule has 0 unspecified atom stereocenters. The molecule has 0 bridgehead atoms. The van der Waals surface area contributed by atoms with Gasteiger partial charge in [0, 0.05) is 5.69 Å². The molecule has 0 aliphatic heterocycles. The van der Waals surface area contributed by atoms with Gasteiger partial charge in [-0.25, -0.2) is 4.79 Å². The van der Waals surface area contributed by atoms with E-state index >= 15 is 0 Å². The highest BCUT2D eigenvalue weighted by molar-refractivity contribution is 5.96. The summed E-state index contributed by atoms with van der Waals surface area (Å²) in [6, 6.07) is 8.09. The summed E-state index contributed by atoms with van der Waals surface area (Å²) >= 11 is 0.